The predicted molar refractivity (Wildman–Crippen MR) is 98.0 cm³/mol. The minimum atomic E-state index is 0.447. The molecule has 0 unspecified atom stereocenters. The topological polar surface area (TPSA) is 86.2 Å². The van der Waals surface area contributed by atoms with Crippen LogP contribution in [0.3, 0.4) is 0 Å². The number of benzene rings is 1. The first kappa shape index (κ1) is 18.5. The normalized spacial score (nSPS) is 11.4. The van der Waals surface area contributed by atoms with E-state index in [0.717, 1.165) is 29.9 Å². The Labute approximate surface area is 148 Å². The van der Waals surface area contributed by atoms with Crippen LogP contribution in [-0.4, -0.2) is 18.2 Å². The van der Waals surface area contributed by atoms with Gasteiger partial charge in [-0.1, -0.05) is 31.1 Å². The van der Waals surface area contributed by atoms with E-state index in [0.29, 0.717) is 30.5 Å². The van der Waals surface area contributed by atoms with Gasteiger partial charge in [-0.2, -0.15) is 5.26 Å². The van der Waals surface area contributed by atoms with E-state index < -0.39 is 0 Å². The Morgan fingerprint density at radius 1 is 1.24 bits per heavy atom. The van der Waals surface area contributed by atoms with E-state index in [1.807, 2.05) is 24.3 Å². The van der Waals surface area contributed by atoms with Crippen molar-refractivity contribution in [1.82, 2.24) is 15.8 Å². The molecule has 25 heavy (non-hydrogen) atoms. The Morgan fingerprint density at radius 2 is 2.00 bits per heavy atom. The molecule has 0 amide bonds. The molecule has 2 aromatic rings. The van der Waals surface area contributed by atoms with Crippen LogP contribution in [0.4, 0.5) is 0 Å². The average Bonchev–Trinajstić information content (AvgIpc) is 3.12. The third kappa shape index (κ3) is 5.35. The SMILES string of the molecule is CCC(CC)c1cc(CNC(=NC)NCc2cccc(C#N)c2)on1. The third-order valence-electron chi connectivity index (χ3n) is 4.15. The van der Waals surface area contributed by atoms with Crippen molar-refractivity contribution in [2.24, 2.45) is 4.99 Å². The van der Waals surface area contributed by atoms with Crippen molar-refractivity contribution >= 4 is 5.96 Å². The van der Waals surface area contributed by atoms with Crippen LogP contribution in [0.5, 0.6) is 0 Å². The van der Waals surface area contributed by atoms with Crippen molar-refractivity contribution in [3.8, 4) is 6.07 Å². The second-order valence-electron chi connectivity index (χ2n) is 5.82. The van der Waals surface area contributed by atoms with Crippen LogP contribution in [-0.2, 0) is 13.1 Å². The van der Waals surface area contributed by atoms with Gasteiger partial charge in [-0.05, 0) is 30.5 Å². The quantitative estimate of drug-likeness (QED) is 0.597. The van der Waals surface area contributed by atoms with Gasteiger partial charge in [0, 0.05) is 25.6 Å². The molecule has 0 aliphatic heterocycles. The Bertz CT molecular complexity index is 740. The van der Waals surface area contributed by atoms with Crippen molar-refractivity contribution < 1.29 is 4.52 Å². The second kappa shape index (κ2) is 9.48. The molecule has 0 aliphatic carbocycles. The molecule has 2 rings (SSSR count). The van der Waals surface area contributed by atoms with Crippen molar-refractivity contribution in [3.63, 3.8) is 0 Å². The van der Waals surface area contributed by atoms with E-state index in [4.69, 9.17) is 9.78 Å². The lowest BCUT2D eigenvalue weighted by molar-refractivity contribution is 0.368. The molecule has 0 saturated heterocycles. The molecule has 0 saturated carbocycles. The lowest BCUT2D eigenvalue weighted by Gasteiger charge is -2.11. The van der Waals surface area contributed by atoms with Gasteiger partial charge in [-0.25, -0.2) is 0 Å². The van der Waals surface area contributed by atoms with Crippen LogP contribution in [0, 0.1) is 11.3 Å². The van der Waals surface area contributed by atoms with E-state index in [2.05, 4.69) is 40.7 Å². The van der Waals surface area contributed by atoms with Crippen molar-refractivity contribution in [2.45, 2.75) is 45.7 Å². The van der Waals surface area contributed by atoms with Gasteiger partial charge < -0.3 is 15.2 Å². The van der Waals surface area contributed by atoms with E-state index >= 15 is 0 Å². The van der Waals surface area contributed by atoms with Gasteiger partial charge in [0.2, 0.25) is 0 Å². The zero-order valence-corrected chi connectivity index (χ0v) is 15.0. The highest BCUT2D eigenvalue weighted by atomic mass is 16.5. The average molecular weight is 339 g/mol. The van der Waals surface area contributed by atoms with Crippen molar-refractivity contribution in [2.75, 3.05) is 7.05 Å². The largest absolute Gasteiger partial charge is 0.359 e. The van der Waals surface area contributed by atoms with Gasteiger partial charge in [0.1, 0.15) is 0 Å². The summed E-state index contributed by atoms with van der Waals surface area (Å²) in [5.74, 6) is 1.90. The molecule has 0 aliphatic rings. The minimum absolute atomic E-state index is 0.447. The molecule has 0 radical (unpaired) electrons. The number of nitriles is 1. The lowest BCUT2D eigenvalue weighted by Crippen LogP contribution is -2.36. The van der Waals surface area contributed by atoms with Gasteiger partial charge in [-0.15, -0.1) is 0 Å². The molecule has 6 nitrogen and oxygen atoms in total. The fourth-order valence-corrected chi connectivity index (χ4v) is 2.64. The molecule has 0 spiro atoms. The number of nitrogens with one attached hydrogen (secondary N) is 2. The Kier molecular flexibility index (Phi) is 7.02. The number of hydrogen-bond donors (Lipinski definition) is 2. The van der Waals surface area contributed by atoms with Crippen LogP contribution in [0.15, 0.2) is 39.8 Å². The predicted octanol–water partition coefficient (Wildman–Crippen LogP) is 3.32. The molecule has 6 heteroatoms. The summed E-state index contributed by atoms with van der Waals surface area (Å²) in [5.41, 5.74) is 2.69. The summed E-state index contributed by atoms with van der Waals surface area (Å²) in [5, 5.41) is 19.6. The number of nitrogens with zero attached hydrogens (tertiary/aromatic N) is 3. The fraction of sp³-hybridized carbons (Fsp3) is 0.421. The van der Waals surface area contributed by atoms with Crippen molar-refractivity contribution in [1.29, 1.82) is 5.26 Å². The van der Waals surface area contributed by atoms with Crippen LogP contribution >= 0.6 is 0 Å². The first-order valence-electron chi connectivity index (χ1n) is 8.59. The molecule has 1 aromatic heterocycles. The van der Waals surface area contributed by atoms with Crippen LogP contribution < -0.4 is 10.6 Å². The molecular formula is C19H25N5O. The summed E-state index contributed by atoms with van der Waals surface area (Å²) in [7, 11) is 1.72. The van der Waals surface area contributed by atoms with Gasteiger partial charge in [-0.3, -0.25) is 4.99 Å². The monoisotopic (exact) mass is 339 g/mol. The molecule has 132 valence electrons. The van der Waals surface area contributed by atoms with Gasteiger partial charge in [0.05, 0.1) is 23.9 Å². The number of guanidine groups is 1. The van der Waals surface area contributed by atoms with Crippen LogP contribution in [0.25, 0.3) is 0 Å². The van der Waals surface area contributed by atoms with Gasteiger partial charge >= 0.3 is 0 Å². The zero-order chi connectivity index (χ0) is 18.1. The molecule has 1 heterocycles. The molecule has 1 aromatic carbocycles. The highest BCUT2D eigenvalue weighted by Crippen LogP contribution is 2.22. The molecule has 0 fully saturated rings. The van der Waals surface area contributed by atoms with Crippen molar-refractivity contribution in [3.05, 3.63) is 52.9 Å². The lowest BCUT2D eigenvalue weighted by atomic mass is 9.99. The van der Waals surface area contributed by atoms with Crippen LogP contribution in [0.2, 0.25) is 0 Å². The Balaban J connectivity index is 1.87. The number of aliphatic imine (C=N–C) groups is 1. The number of hydrogen-bond acceptors (Lipinski definition) is 4. The smallest absolute Gasteiger partial charge is 0.191 e. The maximum absolute atomic E-state index is 8.95. The van der Waals surface area contributed by atoms with E-state index in [9.17, 15) is 0 Å². The highest BCUT2D eigenvalue weighted by Gasteiger charge is 2.13. The summed E-state index contributed by atoms with van der Waals surface area (Å²) in [4.78, 5) is 4.20. The number of aromatic nitrogens is 1. The second-order valence-corrected chi connectivity index (χ2v) is 5.82. The fourth-order valence-electron chi connectivity index (χ4n) is 2.64. The first-order valence-corrected chi connectivity index (χ1v) is 8.59. The van der Waals surface area contributed by atoms with E-state index in [-0.39, 0.29) is 0 Å². The van der Waals surface area contributed by atoms with E-state index in [1.54, 1.807) is 13.1 Å². The highest BCUT2D eigenvalue weighted by molar-refractivity contribution is 5.79. The molecule has 0 bridgehead atoms. The summed E-state index contributed by atoms with van der Waals surface area (Å²) in [6.07, 6.45) is 2.11. The van der Waals surface area contributed by atoms with Crippen LogP contribution in [0.1, 0.15) is 55.2 Å². The molecular weight excluding hydrogens is 314 g/mol. The number of rotatable bonds is 7. The van der Waals surface area contributed by atoms with Gasteiger partial charge in [0.15, 0.2) is 11.7 Å². The summed E-state index contributed by atoms with van der Waals surface area (Å²) in [6, 6.07) is 11.6. The summed E-state index contributed by atoms with van der Waals surface area (Å²) < 4.78 is 5.41. The molecule has 0 atom stereocenters. The zero-order valence-electron chi connectivity index (χ0n) is 15.0. The first-order chi connectivity index (χ1) is 12.2. The molecule has 2 N–H and O–H groups in total. The van der Waals surface area contributed by atoms with E-state index in [1.165, 1.54) is 0 Å². The maximum Gasteiger partial charge on any atom is 0.191 e. The minimum Gasteiger partial charge on any atom is -0.359 e. The van der Waals surface area contributed by atoms with Gasteiger partial charge in [0.25, 0.3) is 0 Å². The maximum atomic E-state index is 8.95. The summed E-state index contributed by atoms with van der Waals surface area (Å²) >= 11 is 0. The third-order valence-corrected chi connectivity index (χ3v) is 4.15. The summed E-state index contributed by atoms with van der Waals surface area (Å²) in [6.45, 7) is 5.43. The Hall–Kier alpha value is -2.81. The standard InChI is InChI=1S/C19H25N5O/c1-4-16(5-2)18-10-17(25-24-18)13-23-19(21-3)22-12-15-8-6-7-14(9-15)11-20/h6-10,16H,4-5,12-13H2,1-3H3,(H2,21,22,23). The Morgan fingerprint density at radius 3 is 2.68 bits per heavy atom.